The average molecular weight is 430 g/mol. The molecule has 0 spiro atoms. The summed E-state index contributed by atoms with van der Waals surface area (Å²) in [6.07, 6.45) is -0.798. The molecule has 132 valence electrons. The molecule has 0 bridgehead atoms. The van der Waals surface area contributed by atoms with Gasteiger partial charge < -0.3 is 4.74 Å². The van der Waals surface area contributed by atoms with Gasteiger partial charge >= 0.3 is 0 Å². The van der Waals surface area contributed by atoms with Crippen molar-refractivity contribution in [1.82, 2.24) is 10.9 Å². The molecule has 1 atom stereocenters. The van der Waals surface area contributed by atoms with Crippen molar-refractivity contribution < 1.29 is 18.7 Å². The Morgan fingerprint density at radius 2 is 1.88 bits per heavy atom. The first-order chi connectivity index (χ1) is 11.8. The van der Waals surface area contributed by atoms with E-state index in [0.717, 1.165) is 5.56 Å². The lowest BCUT2D eigenvalue weighted by Gasteiger charge is -2.16. The van der Waals surface area contributed by atoms with Gasteiger partial charge in [0.25, 0.3) is 5.91 Å². The molecule has 5 nitrogen and oxygen atoms in total. The van der Waals surface area contributed by atoms with Gasteiger partial charge in [0.2, 0.25) is 5.91 Å². The molecule has 0 aromatic heterocycles. The van der Waals surface area contributed by atoms with Crippen molar-refractivity contribution in [1.29, 1.82) is 0 Å². The molecule has 0 aliphatic rings. The van der Waals surface area contributed by atoms with Crippen LogP contribution in [0.15, 0.2) is 46.9 Å². The Hall–Kier alpha value is -2.12. The lowest BCUT2D eigenvalue weighted by molar-refractivity contribution is -0.132. The number of carbonyl (C=O) groups excluding carboxylic acids is 2. The molecule has 0 fully saturated rings. The van der Waals surface area contributed by atoms with Gasteiger partial charge in [-0.25, -0.2) is 4.39 Å². The summed E-state index contributed by atoms with van der Waals surface area (Å²) in [5.74, 6) is -1.03. The van der Waals surface area contributed by atoms with E-state index in [9.17, 15) is 14.0 Å². The number of hydrazine groups is 1. The molecule has 0 saturated heterocycles. The lowest BCUT2D eigenvalue weighted by Crippen LogP contribution is -2.47. The predicted molar refractivity (Wildman–Crippen MR) is 95.6 cm³/mol. The quantitative estimate of drug-likeness (QED) is 0.716. The van der Waals surface area contributed by atoms with E-state index >= 15 is 0 Å². The molecule has 2 aromatic carbocycles. The summed E-state index contributed by atoms with van der Waals surface area (Å²) in [5.41, 5.74) is 5.36. The van der Waals surface area contributed by atoms with E-state index in [0.29, 0.717) is 15.2 Å². The molecular formula is C17H15BrClFN2O3. The van der Waals surface area contributed by atoms with Crippen LogP contribution in [0.1, 0.15) is 12.5 Å². The molecule has 0 radical (unpaired) electrons. The number of hydrogen-bond donors (Lipinski definition) is 2. The molecule has 0 aliphatic carbocycles. The molecule has 1 unspecified atom stereocenters. The van der Waals surface area contributed by atoms with Gasteiger partial charge in [-0.15, -0.1) is 0 Å². The van der Waals surface area contributed by atoms with Crippen LogP contribution in [0.25, 0.3) is 0 Å². The highest BCUT2D eigenvalue weighted by Crippen LogP contribution is 2.26. The lowest BCUT2D eigenvalue weighted by atomic mass is 10.1. The third-order valence-electron chi connectivity index (χ3n) is 3.17. The predicted octanol–water partition coefficient (Wildman–Crippen LogP) is 3.40. The summed E-state index contributed by atoms with van der Waals surface area (Å²) in [4.78, 5) is 23.8. The number of nitrogens with one attached hydrogen (secondary N) is 2. The van der Waals surface area contributed by atoms with Gasteiger partial charge in [-0.3, -0.25) is 20.4 Å². The minimum Gasteiger partial charge on any atom is -0.480 e. The highest BCUT2D eigenvalue weighted by molar-refractivity contribution is 9.10. The maximum absolute atomic E-state index is 13.0. The van der Waals surface area contributed by atoms with Crippen molar-refractivity contribution in [3.05, 3.63) is 63.3 Å². The molecular weight excluding hydrogens is 415 g/mol. The van der Waals surface area contributed by atoms with E-state index in [2.05, 4.69) is 26.8 Å². The number of benzene rings is 2. The number of rotatable bonds is 5. The molecule has 0 aliphatic heterocycles. The Bertz CT molecular complexity index is 771. The fourth-order valence-corrected chi connectivity index (χ4v) is 2.45. The number of carbonyl (C=O) groups is 2. The van der Waals surface area contributed by atoms with Crippen LogP contribution in [0, 0.1) is 5.82 Å². The van der Waals surface area contributed by atoms with E-state index < -0.39 is 17.8 Å². The van der Waals surface area contributed by atoms with Crippen LogP contribution in [0.2, 0.25) is 5.02 Å². The van der Waals surface area contributed by atoms with Gasteiger partial charge in [-0.1, -0.05) is 23.7 Å². The second-order valence-corrected chi connectivity index (χ2v) is 6.47. The van der Waals surface area contributed by atoms with Gasteiger partial charge in [-0.05, 0) is 58.7 Å². The monoisotopic (exact) mass is 428 g/mol. The normalized spacial score (nSPS) is 11.5. The Balaban J connectivity index is 1.82. The number of amides is 2. The third kappa shape index (κ3) is 6.03. The smallest absolute Gasteiger partial charge is 0.279 e. The van der Waals surface area contributed by atoms with Crippen molar-refractivity contribution >= 4 is 39.3 Å². The van der Waals surface area contributed by atoms with Crippen LogP contribution >= 0.6 is 27.5 Å². The van der Waals surface area contributed by atoms with E-state index in [1.165, 1.54) is 25.1 Å². The van der Waals surface area contributed by atoms with Gasteiger partial charge in [0, 0.05) is 5.02 Å². The van der Waals surface area contributed by atoms with Crippen LogP contribution in [0.3, 0.4) is 0 Å². The van der Waals surface area contributed by atoms with E-state index in [-0.39, 0.29) is 12.3 Å². The van der Waals surface area contributed by atoms with E-state index in [1.54, 1.807) is 24.3 Å². The summed E-state index contributed by atoms with van der Waals surface area (Å²) < 4.78 is 18.9. The van der Waals surface area contributed by atoms with Gasteiger partial charge in [0.05, 0.1) is 10.9 Å². The first-order valence-corrected chi connectivity index (χ1v) is 8.47. The topological polar surface area (TPSA) is 67.4 Å². The van der Waals surface area contributed by atoms with E-state index in [4.69, 9.17) is 16.3 Å². The van der Waals surface area contributed by atoms with Crippen LogP contribution in [0.4, 0.5) is 4.39 Å². The van der Waals surface area contributed by atoms with Gasteiger partial charge in [-0.2, -0.15) is 0 Å². The first-order valence-electron chi connectivity index (χ1n) is 7.30. The summed E-state index contributed by atoms with van der Waals surface area (Å²) in [7, 11) is 0. The minimum atomic E-state index is -0.891. The fraction of sp³-hybridized carbons (Fsp3) is 0.176. The van der Waals surface area contributed by atoms with Crippen molar-refractivity contribution in [3.63, 3.8) is 0 Å². The fourth-order valence-electron chi connectivity index (χ4n) is 1.88. The Morgan fingerprint density at radius 3 is 2.52 bits per heavy atom. The van der Waals surface area contributed by atoms with Crippen molar-refractivity contribution in [2.24, 2.45) is 0 Å². The largest absolute Gasteiger partial charge is 0.480 e. The number of hydrogen-bond acceptors (Lipinski definition) is 3. The van der Waals surface area contributed by atoms with Crippen molar-refractivity contribution in [2.45, 2.75) is 19.4 Å². The maximum atomic E-state index is 13.0. The molecule has 2 aromatic rings. The van der Waals surface area contributed by atoms with Crippen molar-refractivity contribution in [2.75, 3.05) is 0 Å². The first kappa shape index (κ1) is 19.2. The minimum absolute atomic E-state index is 0.0934. The maximum Gasteiger partial charge on any atom is 0.279 e. The molecule has 2 amide bonds. The molecule has 0 heterocycles. The zero-order valence-corrected chi connectivity index (χ0v) is 15.5. The Kier molecular flexibility index (Phi) is 6.78. The Labute approximate surface area is 157 Å². The van der Waals surface area contributed by atoms with Crippen LogP contribution < -0.4 is 15.6 Å². The molecule has 8 heteroatoms. The van der Waals surface area contributed by atoms with Crippen LogP contribution in [-0.2, 0) is 16.0 Å². The van der Waals surface area contributed by atoms with E-state index in [1.807, 2.05) is 0 Å². The number of ether oxygens (including phenoxy) is 1. The van der Waals surface area contributed by atoms with Gasteiger partial charge in [0.15, 0.2) is 6.10 Å². The van der Waals surface area contributed by atoms with Gasteiger partial charge in [0.1, 0.15) is 11.6 Å². The SMILES string of the molecule is CC(Oc1ccc(F)cc1Br)C(=O)NNC(=O)Cc1ccc(Cl)cc1. The van der Waals surface area contributed by atoms with Crippen molar-refractivity contribution in [3.8, 4) is 5.75 Å². The summed E-state index contributed by atoms with van der Waals surface area (Å²) >= 11 is 8.93. The Morgan fingerprint density at radius 1 is 1.20 bits per heavy atom. The highest BCUT2D eigenvalue weighted by Gasteiger charge is 2.17. The zero-order valence-electron chi connectivity index (χ0n) is 13.2. The zero-order chi connectivity index (χ0) is 18.4. The summed E-state index contributed by atoms with van der Waals surface area (Å²) in [6.45, 7) is 1.51. The van der Waals surface area contributed by atoms with Crippen LogP contribution in [0.5, 0.6) is 5.75 Å². The second kappa shape index (κ2) is 8.82. The summed E-state index contributed by atoms with van der Waals surface area (Å²) in [5, 5.41) is 0.579. The molecule has 25 heavy (non-hydrogen) atoms. The second-order valence-electron chi connectivity index (χ2n) is 5.18. The molecule has 2 N–H and O–H groups in total. The number of halogens is 3. The molecule has 2 rings (SSSR count). The average Bonchev–Trinajstić information content (AvgIpc) is 2.57. The molecule has 0 saturated carbocycles. The summed E-state index contributed by atoms with van der Waals surface area (Å²) in [6, 6.07) is 10.7. The third-order valence-corrected chi connectivity index (χ3v) is 4.04. The standard InChI is InChI=1S/C17H15BrClFN2O3/c1-10(25-15-7-6-13(20)9-14(15)18)17(24)22-21-16(23)8-11-2-4-12(19)5-3-11/h2-7,9-10H,8H2,1H3,(H,21,23)(H,22,24). The van der Waals surface area contributed by atoms with Crippen LogP contribution in [-0.4, -0.2) is 17.9 Å². The highest BCUT2D eigenvalue weighted by atomic mass is 79.9.